The van der Waals surface area contributed by atoms with Crippen LogP contribution in [0.25, 0.3) is 39.2 Å². The minimum Gasteiger partial charge on any atom is -0.367 e. The molecule has 1 amide bonds. The van der Waals surface area contributed by atoms with Crippen LogP contribution in [0, 0.1) is 11.7 Å². The summed E-state index contributed by atoms with van der Waals surface area (Å²) in [6.07, 6.45) is 13.1. The third kappa shape index (κ3) is 4.86. The number of piperazine rings is 1. The average molecular weight is 554 g/mol. The molecule has 3 aromatic heterocycles. The Labute approximate surface area is 236 Å². The number of hydrogen-bond donors (Lipinski definition) is 4. The number of nitrogens with zero attached hydrogens (tertiary/aromatic N) is 5. The number of anilines is 2. The number of aromatic amines is 2. The smallest absolute Gasteiger partial charge is 0.227 e. The van der Waals surface area contributed by atoms with Gasteiger partial charge in [0.05, 0.1) is 23.1 Å². The average Bonchev–Trinajstić information content (AvgIpc) is 3.72. The van der Waals surface area contributed by atoms with Gasteiger partial charge >= 0.3 is 0 Å². The second-order valence-corrected chi connectivity index (χ2v) is 11.0. The van der Waals surface area contributed by atoms with Gasteiger partial charge in [-0.2, -0.15) is 5.10 Å². The number of nitrogens with one attached hydrogen (secondary N) is 4. The third-order valence-electron chi connectivity index (χ3n) is 8.29. The van der Waals surface area contributed by atoms with Gasteiger partial charge < -0.3 is 25.4 Å². The molecule has 0 unspecified atom stereocenters. The number of H-pyrrole nitrogens is 2. The zero-order valence-electron chi connectivity index (χ0n) is 22.9. The summed E-state index contributed by atoms with van der Waals surface area (Å²) in [5, 5.41) is 14.4. The number of carbonyl (C=O) groups excluding carboxylic acids is 1. The van der Waals surface area contributed by atoms with Crippen LogP contribution in [0.1, 0.15) is 31.4 Å². The molecule has 4 aromatic rings. The molecule has 4 N–H and O–H groups in total. The van der Waals surface area contributed by atoms with Crippen LogP contribution < -0.4 is 10.6 Å². The lowest BCUT2D eigenvalue weighted by atomic mass is 10.0. The molecule has 0 bridgehead atoms. The highest BCUT2D eigenvalue weighted by molar-refractivity contribution is 5.96. The molecule has 11 heteroatoms. The first-order valence-corrected chi connectivity index (χ1v) is 14.1. The Morgan fingerprint density at radius 1 is 1.10 bits per heavy atom. The van der Waals surface area contributed by atoms with Crippen molar-refractivity contribution in [2.75, 3.05) is 43.9 Å². The van der Waals surface area contributed by atoms with E-state index in [-0.39, 0.29) is 11.8 Å². The number of halogens is 1. The first-order chi connectivity index (χ1) is 20.0. The normalized spacial score (nSPS) is 17.8. The molecule has 41 heavy (non-hydrogen) atoms. The molecule has 5 heterocycles. The molecule has 210 valence electrons. The fourth-order valence-electron chi connectivity index (χ4n) is 5.96. The molecule has 3 aliphatic rings. The highest BCUT2D eigenvalue weighted by Gasteiger charge is 2.26. The Kier molecular flexibility index (Phi) is 6.50. The van der Waals surface area contributed by atoms with Crippen LogP contribution in [0.5, 0.6) is 0 Å². The number of carbonyl (C=O) groups is 1. The van der Waals surface area contributed by atoms with Crippen LogP contribution in [-0.4, -0.2) is 74.1 Å². The van der Waals surface area contributed by atoms with Crippen molar-refractivity contribution in [2.24, 2.45) is 5.92 Å². The van der Waals surface area contributed by atoms with Gasteiger partial charge in [-0.25, -0.2) is 9.37 Å². The summed E-state index contributed by atoms with van der Waals surface area (Å²) in [7, 11) is 2.14. The van der Waals surface area contributed by atoms with Crippen molar-refractivity contribution in [3.63, 3.8) is 0 Å². The van der Waals surface area contributed by atoms with E-state index in [4.69, 9.17) is 4.98 Å². The van der Waals surface area contributed by atoms with E-state index in [9.17, 15) is 4.79 Å². The number of hydrogen-bond acceptors (Lipinski definition) is 7. The number of aromatic nitrogens is 5. The largest absolute Gasteiger partial charge is 0.367 e. The lowest BCUT2D eigenvalue weighted by molar-refractivity contribution is -0.119. The number of likely N-dealkylation sites (N-methyl/N-ethyl adjacent to an activating group) is 1. The summed E-state index contributed by atoms with van der Waals surface area (Å²) in [6, 6.07) is 4.97. The number of pyridine rings is 1. The first-order valence-electron chi connectivity index (χ1n) is 14.1. The first kappa shape index (κ1) is 25.5. The van der Waals surface area contributed by atoms with Crippen LogP contribution in [0.4, 0.5) is 15.9 Å². The quantitative estimate of drug-likeness (QED) is 0.280. The molecule has 7 rings (SSSR count). The second-order valence-electron chi connectivity index (χ2n) is 11.0. The van der Waals surface area contributed by atoms with Crippen LogP contribution in [0.3, 0.4) is 0 Å². The Balaban J connectivity index is 1.22. The molecule has 2 fully saturated rings. The Morgan fingerprint density at radius 3 is 2.76 bits per heavy atom. The van der Waals surface area contributed by atoms with Crippen LogP contribution in [-0.2, 0) is 4.79 Å². The zero-order chi connectivity index (χ0) is 27.9. The second kappa shape index (κ2) is 10.5. The maximum atomic E-state index is 15.4. The standard InChI is InChI=1S/C30H32FN9O/c1-39-9-11-40(12-10-39)25-7-4-8-33-28-27(25)35-29(36-28)26-22-14-21(23(31)15-24(22)37-38-26)19-13-20(17-32-16-19)34-30(41)18-5-2-3-6-18/h4,7-8,13-18,33H,2-3,5-6,9-12H2,1H3,(H,34,41)(H,35,36)(H,37,38). The fourth-order valence-corrected chi connectivity index (χ4v) is 5.96. The number of allylic oxidation sites excluding steroid dienone is 2. The molecular formula is C30H32FN9O. The Bertz CT molecular complexity index is 1670. The van der Waals surface area contributed by atoms with Gasteiger partial charge in [0.25, 0.3) is 0 Å². The van der Waals surface area contributed by atoms with E-state index >= 15 is 4.39 Å². The monoisotopic (exact) mass is 553 g/mol. The van der Waals surface area contributed by atoms with Gasteiger partial charge in [0.1, 0.15) is 17.2 Å². The van der Waals surface area contributed by atoms with Crippen molar-refractivity contribution in [2.45, 2.75) is 25.7 Å². The van der Waals surface area contributed by atoms with Crippen LogP contribution in [0.15, 0.2) is 48.9 Å². The van der Waals surface area contributed by atoms with E-state index in [1.165, 1.54) is 6.07 Å². The lowest BCUT2D eigenvalue weighted by Gasteiger charge is -2.35. The molecule has 0 spiro atoms. The number of fused-ring (bicyclic) bond motifs is 2. The van der Waals surface area contributed by atoms with E-state index < -0.39 is 5.82 Å². The molecule has 1 saturated carbocycles. The van der Waals surface area contributed by atoms with Gasteiger partial charge in [-0.1, -0.05) is 12.8 Å². The lowest BCUT2D eigenvalue weighted by Crippen LogP contribution is -2.43. The molecule has 10 nitrogen and oxygen atoms in total. The van der Waals surface area contributed by atoms with Crippen LogP contribution in [0.2, 0.25) is 0 Å². The van der Waals surface area contributed by atoms with Crippen LogP contribution >= 0.6 is 0 Å². The molecular weight excluding hydrogens is 521 g/mol. The molecule has 2 aliphatic heterocycles. The summed E-state index contributed by atoms with van der Waals surface area (Å²) in [5.41, 5.74) is 4.62. The van der Waals surface area contributed by atoms with Crippen molar-refractivity contribution in [3.05, 3.63) is 60.5 Å². The predicted octanol–water partition coefficient (Wildman–Crippen LogP) is 4.81. The topological polar surface area (TPSA) is 118 Å². The summed E-state index contributed by atoms with van der Waals surface area (Å²) in [4.78, 5) is 30.0. The van der Waals surface area contributed by atoms with Crippen molar-refractivity contribution < 1.29 is 9.18 Å². The maximum absolute atomic E-state index is 15.4. The summed E-state index contributed by atoms with van der Waals surface area (Å²) < 4.78 is 15.4. The number of rotatable bonds is 5. The third-order valence-corrected chi connectivity index (χ3v) is 8.29. The zero-order valence-corrected chi connectivity index (χ0v) is 22.9. The minimum absolute atomic E-state index is 0.000489. The SMILES string of the molecule is CN1CCN(C2=CC=CNc3nc(-c4n[nH]c5cc(F)c(-c6cncc(NC(=O)C7CCCC7)c6)cc45)[nH]c32)CC1. The molecule has 0 atom stereocenters. The van der Waals surface area contributed by atoms with Crippen molar-refractivity contribution in [1.29, 1.82) is 0 Å². The highest BCUT2D eigenvalue weighted by atomic mass is 19.1. The Morgan fingerprint density at radius 2 is 1.93 bits per heavy atom. The maximum Gasteiger partial charge on any atom is 0.227 e. The molecule has 1 aliphatic carbocycles. The fraction of sp³-hybridized carbons (Fsp3) is 0.333. The predicted molar refractivity (Wildman–Crippen MR) is 157 cm³/mol. The van der Waals surface area contributed by atoms with Gasteiger partial charge in [0.15, 0.2) is 11.6 Å². The van der Waals surface area contributed by atoms with E-state index in [1.54, 1.807) is 24.5 Å². The minimum atomic E-state index is -0.406. The number of amides is 1. The summed E-state index contributed by atoms with van der Waals surface area (Å²) >= 11 is 0. The van der Waals surface area contributed by atoms with Gasteiger partial charge in [-0.05, 0) is 44.2 Å². The van der Waals surface area contributed by atoms with E-state index in [0.29, 0.717) is 39.7 Å². The number of benzene rings is 1. The highest BCUT2D eigenvalue weighted by Crippen LogP contribution is 2.35. The van der Waals surface area contributed by atoms with Crippen molar-refractivity contribution in [1.82, 2.24) is 34.9 Å². The van der Waals surface area contributed by atoms with E-state index in [1.807, 2.05) is 12.3 Å². The molecule has 1 aromatic carbocycles. The van der Waals surface area contributed by atoms with Gasteiger partial charge in [0.2, 0.25) is 5.91 Å². The van der Waals surface area contributed by atoms with Gasteiger partial charge in [0, 0.05) is 67.1 Å². The Hall–Kier alpha value is -4.51. The van der Waals surface area contributed by atoms with E-state index in [2.05, 4.69) is 53.7 Å². The number of imidazole rings is 1. The van der Waals surface area contributed by atoms with E-state index in [0.717, 1.165) is 68.6 Å². The molecule has 1 saturated heterocycles. The molecule has 0 radical (unpaired) electrons. The summed E-state index contributed by atoms with van der Waals surface area (Å²) in [6.45, 7) is 3.82. The van der Waals surface area contributed by atoms with Gasteiger partial charge in [-0.15, -0.1) is 0 Å². The van der Waals surface area contributed by atoms with Crippen molar-refractivity contribution in [3.8, 4) is 22.6 Å². The van der Waals surface area contributed by atoms with Crippen molar-refractivity contribution >= 4 is 34.0 Å². The summed E-state index contributed by atoms with van der Waals surface area (Å²) in [5.74, 6) is 0.918. The van der Waals surface area contributed by atoms with Gasteiger partial charge in [-0.3, -0.25) is 14.9 Å².